The molecule has 1 aliphatic rings. The van der Waals surface area contributed by atoms with Gasteiger partial charge in [0.05, 0.1) is 22.1 Å². The maximum atomic E-state index is 2.49. The van der Waals surface area contributed by atoms with Gasteiger partial charge in [0.2, 0.25) is 0 Å². The number of benzene rings is 11. The van der Waals surface area contributed by atoms with Crippen LogP contribution in [-0.2, 0) is 5.41 Å². The molecule has 3 heteroatoms. The number of hydrogen-bond donors (Lipinski definition) is 0. The highest BCUT2D eigenvalue weighted by Crippen LogP contribution is 2.59. The van der Waals surface area contributed by atoms with Crippen molar-refractivity contribution in [2.75, 3.05) is 4.90 Å². The van der Waals surface area contributed by atoms with Gasteiger partial charge in [-0.2, -0.15) is 0 Å². The summed E-state index contributed by atoms with van der Waals surface area (Å²) in [6, 6.07) is 98.6. The monoisotopic (exact) mass is 908 g/mol. The SMILES string of the molecule is c1ccc(C2(c3ccccc3)c3ccccc3-c3c(N(c4ccc(-c5cccc(-n6c7ccccc7c7ccccc76)c5)cc4)c4cccc(-c5cccc6c5sc5ccccc56)c4)cccc32)cc1. The molecule has 2 heterocycles. The van der Waals surface area contributed by atoms with Crippen molar-refractivity contribution < 1.29 is 0 Å². The summed E-state index contributed by atoms with van der Waals surface area (Å²) in [6.07, 6.45) is 0. The molecule has 0 bridgehead atoms. The van der Waals surface area contributed by atoms with Crippen molar-refractivity contribution in [3.8, 4) is 39.1 Å². The lowest BCUT2D eigenvalue weighted by molar-refractivity contribution is 0.768. The van der Waals surface area contributed by atoms with Gasteiger partial charge in [0.25, 0.3) is 0 Å². The lowest BCUT2D eigenvalue weighted by atomic mass is 9.68. The molecule has 0 fully saturated rings. The predicted octanol–water partition coefficient (Wildman–Crippen LogP) is 18.3. The zero-order valence-electron chi connectivity index (χ0n) is 38.2. The van der Waals surface area contributed by atoms with E-state index in [9.17, 15) is 0 Å². The summed E-state index contributed by atoms with van der Waals surface area (Å²) in [6.45, 7) is 0. The minimum absolute atomic E-state index is 0.528. The molecule has 14 rings (SSSR count). The van der Waals surface area contributed by atoms with Gasteiger partial charge in [0, 0.05) is 53.6 Å². The van der Waals surface area contributed by atoms with Crippen molar-refractivity contribution in [3.05, 3.63) is 289 Å². The minimum Gasteiger partial charge on any atom is -0.310 e. The lowest BCUT2D eigenvalue weighted by Crippen LogP contribution is -2.28. The van der Waals surface area contributed by atoms with Crippen molar-refractivity contribution >= 4 is 70.4 Å². The van der Waals surface area contributed by atoms with Gasteiger partial charge in [-0.1, -0.05) is 206 Å². The fourth-order valence-electron chi connectivity index (χ4n) is 11.7. The number of hydrogen-bond acceptors (Lipinski definition) is 2. The van der Waals surface area contributed by atoms with Gasteiger partial charge in [-0.15, -0.1) is 11.3 Å². The van der Waals surface area contributed by atoms with E-state index in [-0.39, 0.29) is 0 Å². The molecular weight excluding hydrogens is 865 g/mol. The highest BCUT2D eigenvalue weighted by Gasteiger charge is 2.47. The Morgan fingerprint density at radius 1 is 0.357 bits per heavy atom. The molecule has 2 nitrogen and oxygen atoms in total. The van der Waals surface area contributed by atoms with E-state index in [1.165, 1.54) is 92.0 Å². The predicted molar refractivity (Wildman–Crippen MR) is 297 cm³/mol. The third-order valence-electron chi connectivity index (χ3n) is 14.7. The van der Waals surface area contributed by atoms with Gasteiger partial charge in [0.1, 0.15) is 0 Å². The maximum Gasteiger partial charge on any atom is 0.0714 e. The molecule has 0 saturated heterocycles. The number of fused-ring (bicyclic) bond motifs is 9. The van der Waals surface area contributed by atoms with Gasteiger partial charge in [-0.05, 0) is 111 Å². The van der Waals surface area contributed by atoms with Gasteiger partial charge in [0.15, 0.2) is 0 Å². The third-order valence-corrected chi connectivity index (χ3v) is 15.9. The van der Waals surface area contributed by atoms with Crippen LogP contribution >= 0.6 is 11.3 Å². The van der Waals surface area contributed by atoms with E-state index < -0.39 is 5.41 Å². The Kier molecular flexibility index (Phi) is 9.33. The molecule has 0 amide bonds. The van der Waals surface area contributed by atoms with Crippen molar-refractivity contribution in [2.24, 2.45) is 0 Å². The van der Waals surface area contributed by atoms with Crippen LogP contribution in [0, 0.1) is 0 Å². The summed E-state index contributed by atoms with van der Waals surface area (Å²) < 4.78 is 5.02. The van der Waals surface area contributed by atoms with Gasteiger partial charge in [-0.25, -0.2) is 0 Å². The summed E-state index contributed by atoms with van der Waals surface area (Å²) in [7, 11) is 0. The van der Waals surface area contributed by atoms with Crippen molar-refractivity contribution in [1.82, 2.24) is 4.57 Å². The Balaban J connectivity index is 0.966. The summed E-state index contributed by atoms with van der Waals surface area (Å²) in [5.41, 5.74) is 18.7. The van der Waals surface area contributed by atoms with Crippen LogP contribution in [-0.4, -0.2) is 4.57 Å². The molecule has 0 spiro atoms. The standard InChI is InChI=1S/C67H44N2S/c1-3-21-48(22-4-1)67(49-23-5-2-6-24-49)59-33-11-7-30-58(59)65-60(67)34-18-37-63(65)68(51-25-16-20-47(44-51)53-31-17-32-57-56-29-10-14-38-64(56)70-66(53)57)50-41-39-45(40-42-50)46-19-15-26-52(43-46)69-61-35-12-8-27-54(61)55-28-9-13-36-62(55)69/h1-44H. The molecule has 328 valence electrons. The van der Waals surface area contributed by atoms with Crippen LogP contribution in [0.5, 0.6) is 0 Å². The van der Waals surface area contributed by atoms with E-state index in [0.717, 1.165) is 28.3 Å². The first-order valence-corrected chi connectivity index (χ1v) is 24.9. The van der Waals surface area contributed by atoms with Crippen LogP contribution in [0.4, 0.5) is 17.1 Å². The first kappa shape index (κ1) is 40.3. The Labute approximate surface area is 411 Å². The summed E-state index contributed by atoms with van der Waals surface area (Å²) in [5.74, 6) is 0. The summed E-state index contributed by atoms with van der Waals surface area (Å²) in [5, 5.41) is 5.13. The van der Waals surface area contributed by atoms with Crippen LogP contribution in [0.25, 0.3) is 81.0 Å². The largest absolute Gasteiger partial charge is 0.310 e. The molecule has 0 N–H and O–H groups in total. The minimum atomic E-state index is -0.528. The van der Waals surface area contributed by atoms with E-state index in [4.69, 9.17) is 0 Å². The molecule has 70 heavy (non-hydrogen) atoms. The topological polar surface area (TPSA) is 8.17 Å². The normalized spacial score (nSPS) is 12.7. The third kappa shape index (κ3) is 6.12. The van der Waals surface area contributed by atoms with Crippen LogP contribution in [0.2, 0.25) is 0 Å². The van der Waals surface area contributed by atoms with Gasteiger partial charge < -0.3 is 9.47 Å². The number of para-hydroxylation sites is 2. The van der Waals surface area contributed by atoms with Gasteiger partial charge in [-0.3, -0.25) is 0 Å². The first-order chi connectivity index (χ1) is 34.7. The van der Waals surface area contributed by atoms with E-state index in [1.807, 2.05) is 11.3 Å². The number of rotatable bonds is 8. The Bertz CT molecular complexity index is 4030. The van der Waals surface area contributed by atoms with Gasteiger partial charge >= 0.3 is 0 Å². The molecule has 2 aromatic heterocycles. The van der Waals surface area contributed by atoms with Crippen LogP contribution in [0.1, 0.15) is 22.3 Å². The average Bonchev–Trinajstić information content (AvgIpc) is 4.09. The quantitative estimate of drug-likeness (QED) is 0.147. The second-order valence-corrected chi connectivity index (χ2v) is 19.4. The molecule has 0 atom stereocenters. The second-order valence-electron chi connectivity index (χ2n) is 18.4. The molecular formula is C67H44N2S. The smallest absolute Gasteiger partial charge is 0.0714 e. The summed E-state index contributed by atoms with van der Waals surface area (Å²) >= 11 is 1.88. The Morgan fingerprint density at radius 2 is 0.929 bits per heavy atom. The van der Waals surface area contributed by atoms with Crippen LogP contribution in [0.15, 0.2) is 267 Å². The highest BCUT2D eigenvalue weighted by molar-refractivity contribution is 7.26. The van der Waals surface area contributed by atoms with E-state index in [2.05, 4.69) is 276 Å². The zero-order valence-corrected chi connectivity index (χ0v) is 39.0. The first-order valence-electron chi connectivity index (χ1n) is 24.1. The Hall–Kier alpha value is -8.76. The van der Waals surface area contributed by atoms with E-state index in [1.54, 1.807) is 0 Å². The molecule has 1 aliphatic carbocycles. The van der Waals surface area contributed by atoms with Crippen molar-refractivity contribution in [2.45, 2.75) is 5.41 Å². The molecule has 0 unspecified atom stereocenters. The maximum absolute atomic E-state index is 2.49. The molecule has 0 radical (unpaired) electrons. The van der Waals surface area contributed by atoms with E-state index >= 15 is 0 Å². The van der Waals surface area contributed by atoms with E-state index in [0.29, 0.717) is 0 Å². The zero-order chi connectivity index (χ0) is 46.2. The number of thiophene rings is 1. The highest BCUT2D eigenvalue weighted by atomic mass is 32.1. The fourth-order valence-corrected chi connectivity index (χ4v) is 12.9. The second kappa shape index (κ2) is 16.2. The molecule has 0 saturated carbocycles. The van der Waals surface area contributed by atoms with Crippen LogP contribution in [0.3, 0.4) is 0 Å². The van der Waals surface area contributed by atoms with Crippen LogP contribution < -0.4 is 4.90 Å². The molecule has 0 aliphatic heterocycles. The lowest BCUT2D eigenvalue weighted by Gasteiger charge is -2.34. The molecule has 13 aromatic rings. The number of anilines is 3. The number of aromatic nitrogens is 1. The Morgan fingerprint density at radius 3 is 1.69 bits per heavy atom. The number of nitrogens with zero attached hydrogens (tertiary/aromatic N) is 2. The van der Waals surface area contributed by atoms with Crippen molar-refractivity contribution in [1.29, 1.82) is 0 Å². The molecule has 11 aromatic carbocycles. The average molecular weight is 909 g/mol. The van der Waals surface area contributed by atoms with Crippen molar-refractivity contribution in [3.63, 3.8) is 0 Å². The fraction of sp³-hybridized carbons (Fsp3) is 0.0149. The summed E-state index contributed by atoms with van der Waals surface area (Å²) in [4.78, 5) is 2.49.